The highest BCUT2D eigenvalue weighted by molar-refractivity contribution is 5.95. The van der Waals surface area contributed by atoms with Crippen LogP contribution in [0.1, 0.15) is 21.7 Å². The Morgan fingerprint density at radius 1 is 1.38 bits per heavy atom. The van der Waals surface area contributed by atoms with Gasteiger partial charge in [-0.15, -0.1) is 0 Å². The predicted octanol–water partition coefficient (Wildman–Crippen LogP) is 2.12. The fourth-order valence-electron chi connectivity index (χ4n) is 2.39. The number of rotatable bonds is 4. The van der Waals surface area contributed by atoms with Crippen molar-refractivity contribution < 1.29 is 14.6 Å². The van der Waals surface area contributed by atoms with E-state index in [0.29, 0.717) is 28.3 Å². The molecule has 0 atom stereocenters. The number of hydrogen-bond donors (Lipinski definition) is 2. The smallest absolute Gasteiger partial charge is 0.290 e. The summed E-state index contributed by atoms with van der Waals surface area (Å²) in [5, 5.41) is 13.6. The number of phenolic OH excluding ortho intramolecular Hbond substituents is 1. The molecule has 0 aliphatic carbocycles. The quantitative estimate of drug-likeness (QED) is 0.568. The van der Waals surface area contributed by atoms with E-state index in [9.17, 15) is 9.90 Å². The number of benzene rings is 1. The SMILES string of the molecule is COc1ccc(/C=N/NC(=O)c2c(C)nc3ccccn23)cc1O. The molecule has 3 aromatic rings. The summed E-state index contributed by atoms with van der Waals surface area (Å²) in [7, 11) is 1.47. The van der Waals surface area contributed by atoms with Crippen molar-refractivity contribution in [1.29, 1.82) is 0 Å². The lowest BCUT2D eigenvalue weighted by atomic mass is 10.2. The number of hydrazone groups is 1. The van der Waals surface area contributed by atoms with Gasteiger partial charge in [0.05, 0.1) is 19.0 Å². The van der Waals surface area contributed by atoms with Crippen molar-refractivity contribution in [2.24, 2.45) is 5.10 Å². The summed E-state index contributed by atoms with van der Waals surface area (Å²) in [4.78, 5) is 16.7. The second kappa shape index (κ2) is 6.41. The highest BCUT2D eigenvalue weighted by Gasteiger charge is 2.15. The van der Waals surface area contributed by atoms with Gasteiger partial charge in [0.2, 0.25) is 0 Å². The first kappa shape index (κ1) is 15.5. The highest BCUT2D eigenvalue weighted by Crippen LogP contribution is 2.25. The number of nitrogens with zero attached hydrogens (tertiary/aromatic N) is 3. The number of fused-ring (bicyclic) bond motifs is 1. The van der Waals surface area contributed by atoms with E-state index in [1.54, 1.807) is 29.7 Å². The van der Waals surface area contributed by atoms with Crippen molar-refractivity contribution in [1.82, 2.24) is 14.8 Å². The van der Waals surface area contributed by atoms with Crippen LogP contribution in [0.3, 0.4) is 0 Å². The summed E-state index contributed by atoms with van der Waals surface area (Å²) in [5.74, 6) is 0.0168. The molecule has 0 spiro atoms. The number of hydrogen-bond acceptors (Lipinski definition) is 5. The molecule has 2 aromatic heterocycles. The van der Waals surface area contributed by atoms with E-state index in [1.165, 1.54) is 19.4 Å². The van der Waals surface area contributed by atoms with Crippen LogP contribution in [0.4, 0.5) is 0 Å². The molecule has 1 aromatic carbocycles. The predicted molar refractivity (Wildman–Crippen MR) is 89.6 cm³/mol. The maximum atomic E-state index is 12.3. The van der Waals surface area contributed by atoms with Gasteiger partial charge < -0.3 is 9.84 Å². The van der Waals surface area contributed by atoms with E-state index in [0.717, 1.165) is 0 Å². The number of carbonyl (C=O) groups excluding carboxylic acids is 1. The van der Waals surface area contributed by atoms with Gasteiger partial charge in [0.1, 0.15) is 11.3 Å². The molecule has 0 unspecified atom stereocenters. The molecule has 2 heterocycles. The summed E-state index contributed by atoms with van der Waals surface area (Å²) in [6.45, 7) is 1.77. The van der Waals surface area contributed by atoms with Gasteiger partial charge in [0, 0.05) is 6.20 Å². The van der Waals surface area contributed by atoms with Crippen LogP contribution < -0.4 is 10.2 Å². The minimum absolute atomic E-state index is 0.00500. The van der Waals surface area contributed by atoms with Gasteiger partial charge in [0.25, 0.3) is 5.91 Å². The summed E-state index contributed by atoms with van der Waals surface area (Å²) >= 11 is 0. The molecule has 0 fully saturated rings. The molecule has 0 saturated heterocycles. The van der Waals surface area contributed by atoms with Gasteiger partial charge >= 0.3 is 0 Å². The second-order valence-electron chi connectivity index (χ2n) is 5.11. The maximum absolute atomic E-state index is 12.3. The number of aryl methyl sites for hydroxylation is 1. The third-order valence-corrected chi connectivity index (χ3v) is 3.50. The molecule has 2 N–H and O–H groups in total. The standard InChI is InChI=1S/C17H16N4O3/c1-11-16(21-8-4-3-5-15(21)19-11)17(23)20-18-10-12-6-7-14(24-2)13(22)9-12/h3-10,22H,1-2H3,(H,20,23)/b18-10+. The van der Waals surface area contributed by atoms with Crippen molar-refractivity contribution in [2.45, 2.75) is 6.92 Å². The number of aromatic nitrogens is 2. The van der Waals surface area contributed by atoms with Gasteiger partial charge in [-0.1, -0.05) is 6.07 Å². The Balaban J connectivity index is 1.77. The van der Waals surface area contributed by atoms with Crippen LogP contribution in [0, 0.1) is 6.92 Å². The molecule has 122 valence electrons. The van der Waals surface area contributed by atoms with Gasteiger partial charge in [-0.05, 0) is 42.8 Å². The third kappa shape index (κ3) is 2.91. The average molecular weight is 324 g/mol. The largest absolute Gasteiger partial charge is 0.504 e. The third-order valence-electron chi connectivity index (χ3n) is 3.50. The molecule has 7 heteroatoms. The zero-order chi connectivity index (χ0) is 17.1. The minimum Gasteiger partial charge on any atom is -0.504 e. The highest BCUT2D eigenvalue weighted by atomic mass is 16.5. The van der Waals surface area contributed by atoms with Crippen molar-refractivity contribution in [3.8, 4) is 11.5 Å². The van der Waals surface area contributed by atoms with Crippen molar-refractivity contribution >= 4 is 17.8 Å². The lowest BCUT2D eigenvalue weighted by molar-refractivity contribution is 0.0948. The molecule has 1 amide bonds. The van der Waals surface area contributed by atoms with E-state index in [-0.39, 0.29) is 11.7 Å². The molecule has 0 aliphatic rings. The monoisotopic (exact) mass is 324 g/mol. The number of nitrogens with one attached hydrogen (secondary N) is 1. The second-order valence-corrected chi connectivity index (χ2v) is 5.11. The summed E-state index contributed by atoms with van der Waals surface area (Å²) in [6, 6.07) is 10.3. The lowest BCUT2D eigenvalue weighted by Crippen LogP contribution is -2.20. The van der Waals surface area contributed by atoms with Crippen molar-refractivity contribution in [3.63, 3.8) is 0 Å². The topological polar surface area (TPSA) is 88.2 Å². The van der Waals surface area contributed by atoms with E-state index < -0.39 is 0 Å². The van der Waals surface area contributed by atoms with E-state index in [1.807, 2.05) is 18.2 Å². The maximum Gasteiger partial charge on any atom is 0.290 e. The molecule has 7 nitrogen and oxygen atoms in total. The van der Waals surface area contributed by atoms with Crippen molar-refractivity contribution in [3.05, 3.63) is 59.5 Å². The van der Waals surface area contributed by atoms with Gasteiger partial charge in [-0.25, -0.2) is 10.4 Å². The molecule has 0 radical (unpaired) electrons. The van der Waals surface area contributed by atoms with E-state index >= 15 is 0 Å². The molecule has 0 saturated carbocycles. The summed E-state index contributed by atoms with van der Waals surface area (Å²) < 4.78 is 6.68. The first-order chi connectivity index (χ1) is 11.6. The minimum atomic E-state index is -0.361. The van der Waals surface area contributed by atoms with Crippen LogP contribution in [0.5, 0.6) is 11.5 Å². The zero-order valence-corrected chi connectivity index (χ0v) is 13.2. The molecule has 0 aliphatic heterocycles. The van der Waals surface area contributed by atoms with E-state index in [2.05, 4.69) is 15.5 Å². The normalized spacial score (nSPS) is 11.1. The Morgan fingerprint density at radius 2 is 2.21 bits per heavy atom. The number of carbonyl (C=O) groups is 1. The molecular weight excluding hydrogens is 308 g/mol. The van der Waals surface area contributed by atoms with Crippen LogP contribution in [-0.4, -0.2) is 33.7 Å². The number of methoxy groups -OCH3 is 1. The van der Waals surface area contributed by atoms with Crippen LogP contribution in [0.25, 0.3) is 5.65 Å². The Bertz CT molecular complexity index is 931. The number of imidazole rings is 1. The average Bonchev–Trinajstić information content (AvgIpc) is 2.90. The van der Waals surface area contributed by atoms with Crippen LogP contribution in [0.2, 0.25) is 0 Å². The number of pyridine rings is 1. The van der Waals surface area contributed by atoms with Crippen LogP contribution in [0.15, 0.2) is 47.7 Å². The van der Waals surface area contributed by atoms with Crippen LogP contribution >= 0.6 is 0 Å². The Morgan fingerprint density at radius 3 is 2.96 bits per heavy atom. The number of amides is 1. The van der Waals surface area contributed by atoms with Gasteiger partial charge in [-0.2, -0.15) is 5.10 Å². The number of phenols is 1. The molecule has 3 rings (SSSR count). The van der Waals surface area contributed by atoms with Gasteiger partial charge in [-0.3, -0.25) is 9.20 Å². The summed E-state index contributed by atoms with van der Waals surface area (Å²) in [6.07, 6.45) is 3.21. The van der Waals surface area contributed by atoms with E-state index in [4.69, 9.17) is 4.74 Å². The first-order valence-electron chi connectivity index (χ1n) is 7.24. The Kier molecular flexibility index (Phi) is 4.15. The van der Waals surface area contributed by atoms with Crippen molar-refractivity contribution in [2.75, 3.05) is 7.11 Å². The Hall–Kier alpha value is -3.35. The zero-order valence-electron chi connectivity index (χ0n) is 13.2. The number of ether oxygens (including phenoxy) is 1. The Labute approximate surface area is 138 Å². The summed E-state index contributed by atoms with van der Waals surface area (Å²) in [5.41, 5.74) is 4.85. The van der Waals surface area contributed by atoms with Gasteiger partial charge in [0.15, 0.2) is 11.5 Å². The fraction of sp³-hybridized carbons (Fsp3) is 0.118. The fourth-order valence-corrected chi connectivity index (χ4v) is 2.39. The lowest BCUT2D eigenvalue weighted by Gasteiger charge is -2.03. The van der Waals surface area contributed by atoms with Crippen LogP contribution in [-0.2, 0) is 0 Å². The molecule has 24 heavy (non-hydrogen) atoms. The molecular formula is C17H16N4O3. The molecule has 0 bridgehead atoms. The number of aromatic hydroxyl groups is 1. The first-order valence-corrected chi connectivity index (χ1v) is 7.24.